The van der Waals surface area contributed by atoms with Crippen LogP contribution in [0.15, 0.2) is 71.6 Å². The molecule has 1 N–H and O–H groups in total. The van der Waals surface area contributed by atoms with Gasteiger partial charge in [0.15, 0.2) is 0 Å². The normalized spacial score (nSPS) is 13.2. The average Bonchev–Trinajstić information content (AvgIpc) is 2.94. The molecule has 2 unspecified atom stereocenters. The van der Waals surface area contributed by atoms with E-state index in [0.29, 0.717) is 16.8 Å². The summed E-state index contributed by atoms with van der Waals surface area (Å²) in [5, 5.41) is 2.08. The number of aryl methyl sites for hydroxylation is 1. The summed E-state index contributed by atoms with van der Waals surface area (Å²) < 4.78 is 84.1. The molecule has 3 aromatic carbocycles. The molecule has 43 heavy (non-hydrogen) atoms. The Morgan fingerprint density at radius 1 is 1.00 bits per heavy atom. The van der Waals surface area contributed by atoms with E-state index in [1.165, 1.54) is 55.5 Å². The maximum atomic E-state index is 14.6. The minimum Gasteiger partial charge on any atom is -0.352 e. The van der Waals surface area contributed by atoms with Gasteiger partial charge < -0.3 is 10.2 Å². The Labute approximate surface area is 253 Å². The third-order valence-corrected chi connectivity index (χ3v) is 9.02. The fraction of sp³-hybridized carbons (Fsp3) is 0.333. The number of anilines is 1. The van der Waals surface area contributed by atoms with Crippen molar-refractivity contribution in [1.82, 2.24) is 10.2 Å². The van der Waals surface area contributed by atoms with Gasteiger partial charge in [-0.25, -0.2) is 12.8 Å². The number of nitrogens with zero attached hydrogens (tertiary/aromatic N) is 2. The van der Waals surface area contributed by atoms with Crippen molar-refractivity contribution in [2.75, 3.05) is 10.8 Å². The molecule has 0 aliphatic heterocycles. The SMILES string of the molecule is CCC(C)NC(=O)C(C)N(Cc1ccccc1F)C(=O)CN(c1ccc(Cl)c(C(F)(F)F)c1)S(=O)(=O)c1ccc(C)cc1. The van der Waals surface area contributed by atoms with Gasteiger partial charge in [0.2, 0.25) is 11.8 Å². The molecule has 2 amide bonds. The first kappa shape index (κ1) is 33.9. The number of alkyl halides is 3. The molecule has 0 fully saturated rings. The van der Waals surface area contributed by atoms with Crippen molar-refractivity contribution in [1.29, 1.82) is 0 Å². The van der Waals surface area contributed by atoms with Gasteiger partial charge in [0, 0.05) is 18.2 Å². The number of carbonyl (C=O) groups is 2. The van der Waals surface area contributed by atoms with Crippen LogP contribution >= 0.6 is 11.6 Å². The van der Waals surface area contributed by atoms with E-state index in [1.54, 1.807) is 13.8 Å². The Hall–Kier alpha value is -3.64. The first-order valence-electron chi connectivity index (χ1n) is 13.4. The van der Waals surface area contributed by atoms with Crippen molar-refractivity contribution in [3.05, 3.63) is 94.3 Å². The molecule has 0 radical (unpaired) electrons. The van der Waals surface area contributed by atoms with Crippen molar-refractivity contribution in [3.8, 4) is 0 Å². The molecule has 0 aliphatic carbocycles. The molecule has 0 aromatic heterocycles. The van der Waals surface area contributed by atoms with E-state index in [1.807, 2.05) is 6.92 Å². The fourth-order valence-electron chi connectivity index (χ4n) is 4.11. The van der Waals surface area contributed by atoms with Crippen LogP contribution in [0.4, 0.5) is 23.2 Å². The molecule has 7 nitrogen and oxygen atoms in total. The van der Waals surface area contributed by atoms with Gasteiger partial charge in [-0.2, -0.15) is 13.2 Å². The molecular weight excluding hydrogens is 610 g/mol. The number of hydrogen-bond donors (Lipinski definition) is 1. The summed E-state index contributed by atoms with van der Waals surface area (Å²) in [5.41, 5.74) is -0.997. The Balaban J connectivity index is 2.13. The highest BCUT2D eigenvalue weighted by Crippen LogP contribution is 2.38. The molecular formula is C30H32ClF4N3O4S. The van der Waals surface area contributed by atoms with E-state index in [9.17, 15) is 35.6 Å². The Morgan fingerprint density at radius 2 is 1.63 bits per heavy atom. The van der Waals surface area contributed by atoms with Crippen LogP contribution in [0.5, 0.6) is 0 Å². The zero-order chi connectivity index (χ0) is 32.1. The summed E-state index contributed by atoms with van der Waals surface area (Å²) in [6, 6.07) is 12.1. The van der Waals surface area contributed by atoms with Gasteiger partial charge in [0.05, 0.1) is 21.2 Å². The molecule has 3 rings (SSSR count). The molecule has 0 spiro atoms. The first-order valence-corrected chi connectivity index (χ1v) is 15.2. The monoisotopic (exact) mass is 641 g/mol. The minimum atomic E-state index is -4.92. The van der Waals surface area contributed by atoms with E-state index in [4.69, 9.17) is 11.6 Å². The minimum absolute atomic E-state index is 0.0535. The number of halogens is 5. The van der Waals surface area contributed by atoms with E-state index in [0.717, 1.165) is 22.6 Å². The van der Waals surface area contributed by atoms with Crippen molar-refractivity contribution < 1.29 is 35.6 Å². The second kappa shape index (κ2) is 13.8. The van der Waals surface area contributed by atoms with Gasteiger partial charge >= 0.3 is 6.18 Å². The van der Waals surface area contributed by atoms with Crippen molar-refractivity contribution >= 4 is 39.1 Å². The molecule has 0 saturated carbocycles. The van der Waals surface area contributed by atoms with Crippen LogP contribution in [0, 0.1) is 12.7 Å². The Bertz CT molecular complexity index is 1570. The smallest absolute Gasteiger partial charge is 0.352 e. The maximum absolute atomic E-state index is 14.6. The molecule has 13 heteroatoms. The summed E-state index contributed by atoms with van der Waals surface area (Å²) in [4.78, 5) is 27.7. The topological polar surface area (TPSA) is 86.8 Å². The van der Waals surface area contributed by atoms with E-state index >= 15 is 0 Å². The fourth-order valence-corrected chi connectivity index (χ4v) is 5.74. The van der Waals surface area contributed by atoms with Crippen LogP contribution < -0.4 is 9.62 Å². The third-order valence-electron chi connectivity index (χ3n) is 6.90. The van der Waals surface area contributed by atoms with Gasteiger partial charge in [0.25, 0.3) is 10.0 Å². The molecule has 2 atom stereocenters. The van der Waals surface area contributed by atoms with Crippen molar-refractivity contribution in [2.45, 2.75) is 63.8 Å². The number of amides is 2. The van der Waals surface area contributed by atoms with Gasteiger partial charge in [-0.15, -0.1) is 0 Å². The summed E-state index contributed by atoms with van der Waals surface area (Å²) >= 11 is 5.78. The van der Waals surface area contributed by atoms with Crippen LogP contribution in [0.3, 0.4) is 0 Å². The third kappa shape index (κ3) is 8.26. The zero-order valence-corrected chi connectivity index (χ0v) is 25.5. The van der Waals surface area contributed by atoms with Crippen molar-refractivity contribution in [3.63, 3.8) is 0 Å². The molecule has 0 saturated heterocycles. The number of carbonyl (C=O) groups excluding carboxylic acids is 2. The zero-order valence-electron chi connectivity index (χ0n) is 24.0. The number of sulfonamides is 1. The lowest BCUT2D eigenvalue weighted by Gasteiger charge is -2.32. The van der Waals surface area contributed by atoms with Crippen LogP contribution in [-0.2, 0) is 32.3 Å². The lowest BCUT2D eigenvalue weighted by molar-refractivity contribution is -0.139. The molecule has 0 aliphatic rings. The highest BCUT2D eigenvalue weighted by molar-refractivity contribution is 7.92. The number of benzene rings is 3. The Morgan fingerprint density at radius 3 is 2.21 bits per heavy atom. The summed E-state index contributed by atoms with van der Waals surface area (Å²) in [5.74, 6) is -2.18. The lowest BCUT2D eigenvalue weighted by Crippen LogP contribution is -2.52. The summed E-state index contributed by atoms with van der Waals surface area (Å²) in [6.07, 6.45) is -4.34. The molecule has 0 heterocycles. The Kier molecular flexibility index (Phi) is 10.8. The number of nitrogens with one attached hydrogen (secondary N) is 1. The van der Waals surface area contributed by atoms with Crippen LogP contribution in [0.2, 0.25) is 5.02 Å². The van der Waals surface area contributed by atoms with E-state index < -0.39 is 69.2 Å². The predicted octanol–water partition coefficient (Wildman–Crippen LogP) is 6.33. The second-order valence-corrected chi connectivity index (χ2v) is 12.4. The molecule has 3 aromatic rings. The number of rotatable bonds is 11. The van der Waals surface area contributed by atoms with Crippen LogP contribution in [0.25, 0.3) is 0 Å². The van der Waals surface area contributed by atoms with Gasteiger partial charge in [-0.1, -0.05) is 54.4 Å². The standard InChI is InChI=1S/C30H32ClF4N3O4S/c1-5-20(3)36-29(40)21(4)37(17-22-8-6-7-9-27(22)32)28(39)18-38(43(41,42)24-13-10-19(2)11-14-24)23-12-15-26(31)25(16-23)30(33,34)35/h6-16,20-21H,5,17-18H2,1-4H3,(H,36,40). The summed E-state index contributed by atoms with van der Waals surface area (Å²) in [6.45, 7) is 5.31. The highest BCUT2D eigenvalue weighted by atomic mass is 35.5. The maximum Gasteiger partial charge on any atom is 0.417 e. The van der Waals surface area contributed by atoms with Crippen molar-refractivity contribution in [2.24, 2.45) is 0 Å². The average molecular weight is 642 g/mol. The highest BCUT2D eigenvalue weighted by Gasteiger charge is 2.37. The lowest BCUT2D eigenvalue weighted by atomic mass is 10.1. The first-order chi connectivity index (χ1) is 20.1. The molecule has 0 bridgehead atoms. The van der Waals surface area contributed by atoms with E-state index in [2.05, 4.69) is 5.32 Å². The van der Waals surface area contributed by atoms with Crippen LogP contribution in [0.1, 0.15) is 43.9 Å². The molecule has 232 valence electrons. The second-order valence-electron chi connectivity index (χ2n) is 10.1. The van der Waals surface area contributed by atoms with Gasteiger partial charge in [-0.05, 0) is 63.6 Å². The number of hydrogen-bond acceptors (Lipinski definition) is 4. The quantitative estimate of drug-likeness (QED) is 0.248. The van der Waals surface area contributed by atoms with Gasteiger partial charge in [0.1, 0.15) is 18.4 Å². The predicted molar refractivity (Wildman–Crippen MR) is 156 cm³/mol. The largest absolute Gasteiger partial charge is 0.417 e. The summed E-state index contributed by atoms with van der Waals surface area (Å²) in [7, 11) is -4.62. The van der Waals surface area contributed by atoms with Crippen LogP contribution in [-0.4, -0.2) is 43.8 Å². The van der Waals surface area contributed by atoms with Gasteiger partial charge in [-0.3, -0.25) is 13.9 Å². The van der Waals surface area contributed by atoms with E-state index in [-0.39, 0.29) is 16.5 Å².